The van der Waals surface area contributed by atoms with E-state index in [1.807, 2.05) is 48.2 Å². The van der Waals surface area contributed by atoms with Crippen molar-refractivity contribution in [2.75, 3.05) is 13.2 Å². The first-order valence-corrected chi connectivity index (χ1v) is 9.59. The van der Waals surface area contributed by atoms with Crippen LogP contribution in [0.15, 0.2) is 53.1 Å². The monoisotopic (exact) mass is 397 g/mol. The highest BCUT2D eigenvalue weighted by molar-refractivity contribution is 6.30. The van der Waals surface area contributed by atoms with E-state index in [0.717, 1.165) is 16.9 Å². The van der Waals surface area contributed by atoms with Crippen LogP contribution in [-0.2, 0) is 11.3 Å². The number of amides is 1. The van der Waals surface area contributed by atoms with Crippen LogP contribution in [0.4, 0.5) is 0 Å². The summed E-state index contributed by atoms with van der Waals surface area (Å²) < 4.78 is 11.0. The van der Waals surface area contributed by atoms with Gasteiger partial charge in [0.15, 0.2) is 0 Å². The Morgan fingerprint density at radius 2 is 2.11 bits per heavy atom. The van der Waals surface area contributed by atoms with E-state index in [-0.39, 0.29) is 11.8 Å². The van der Waals surface area contributed by atoms with E-state index < -0.39 is 0 Å². The standard InChI is InChI=1S/C21H20ClN3O3/c1-2-27-18-8-3-5-14(9-18)12-25-13-16(11-19(25)26)21-23-20(24-28-21)15-6-4-7-17(22)10-15/h3-10,16H,2,11-13H2,1H3. The predicted octanol–water partition coefficient (Wildman–Crippen LogP) is 4.30. The number of nitrogens with zero attached hydrogens (tertiary/aromatic N) is 3. The van der Waals surface area contributed by atoms with Crippen LogP contribution in [0.2, 0.25) is 5.02 Å². The van der Waals surface area contributed by atoms with Crippen molar-refractivity contribution >= 4 is 17.5 Å². The lowest BCUT2D eigenvalue weighted by atomic mass is 10.1. The molecule has 1 fully saturated rings. The zero-order valence-corrected chi connectivity index (χ0v) is 16.2. The quantitative estimate of drug-likeness (QED) is 0.620. The summed E-state index contributed by atoms with van der Waals surface area (Å²) in [5.74, 6) is 1.74. The van der Waals surface area contributed by atoms with Gasteiger partial charge >= 0.3 is 0 Å². The Hall–Kier alpha value is -2.86. The SMILES string of the molecule is CCOc1cccc(CN2CC(c3nc(-c4cccc(Cl)c4)no3)CC2=O)c1. The molecule has 1 aliphatic rings. The summed E-state index contributed by atoms with van der Waals surface area (Å²) in [5, 5.41) is 4.66. The smallest absolute Gasteiger partial charge is 0.232 e. The summed E-state index contributed by atoms with van der Waals surface area (Å²) in [5.41, 5.74) is 1.82. The molecule has 6 nitrogen and oxygen atoms in total. The molecule has 1 atom stereocenters. The maximum atomic E-state index is 12.5. The molecule has 0 radical (unpaired) electrons. The lowest BCUT2D eigenvalue weighted by Crippen LogP contribution is -2.24. The Morgan fingerprint density at radius 3 is 2.93 bits per heavy atom. The molecule has 1 unspecified atom stereocenters. The second kappa shape index (κ2) is 8.02. The number of likely N-dealkylation sites (tertiary alicyclic amines) is 1. The summed E-state index contributed by atoms with van der Waals surface area (Å²) in [7, 11) is 0. The van der Waals surface area contributed by atoms with Crippen molar-refractivity contribution in [3.8, 4) is 17.1 Å². The van der Waals surface area contributed by atoms with Gasteiger partial charge in [-0.15, -0.1) is 0 Å². The number of aromatic nitrogens is 2. The summed E-state index contributed by atoms with van der Waals surface area (Å²) in [6, 6.07) is 15.1. The third-order valence-electron chi connectivity index (χ3n) is 4.67. The number of halogens is 1. The van der Waals surface area contributed by atoms with Crippen LogP contribution >= 0.6 is 11.6 Å². The Bertz CT molecular complexity index is 988. The molecular formula is C21H20ClN3O3. The van der Waals surface area contributed by atoms with Gasteiger partial charge in [-0.3, -0.25) is 4.79 Å². The van der Waals surface area contributed by atoms with Gasteiger partial charge in [0.2, 0.25) is 17.6 Å². The molecular weight excluding hydrogens is 378 g/mol. The van der Waals surface area contributed by atoms with E-state index in [4.69, 9.17) is 20.9 Å². The van der Waals surface area contributed by atoms with Gasteiger partial charge in [0.25, 0.3) is 0 Å². The van der Waals surface area contributed by atoms with Gasteiger partial charge in [0.1, 0.15) is 5.75 Å². The van der Waals surface area contributed by atoms with Crippen molar-refractivity contribution in [3.63, 3.8) is 0 Å². The molecule has 7 heteroatoms. The fourth-order valence-corrected chi connectivity index (χ4v) is 3.55. The summed E-state index contributed by atoms with van der Waals surface area (Å²) in [6.45, 7) is 3.64. The van der Waals surface area contributed by atoms with Crippen molar-refractivity contribution in [1.82, 2.24) is 15.0 Å². The minimum atomic E-state index is -0.108. The largest absolute Gasteiger partial charge is 0.494 e. The van der Waals surface area contributed by atoms with E-state index in [2.05, 4.69) is 10.1 Å². The average molecular weight is 398 g/mol. The average Bonchev–Trinajstić information content (AvgIpc) is 3.30. The van der Waals surface area contributed by atoms with E-state index >= 15 is 0 Å². The van der Waals surface area contributed by atoms with Crippen LogP contribution in [0.25, 0.3) is 11.4 Å². The van der Waals surface area contributed by atoms with Crippen molar-refractivity contribution in [1.29, 1.82) is 0 Å². The van der Waals surface area contributed by atoms with Gasteiger partial charge in [-0.25, -0.2) is 0 Å². The third-order valence-corrected chi connectivity index (χ3v) is 4.91. The van der Waals surface area contributed by atoms with Crippen molar-refractivity contribution in [2.24, 2.45) is 0 Å². The molecule has 0 bridgehead atoms. The first-order chi connectivity index (χ1) is 13.6. The molecule has 1 aromatic heterocycles. The van der Waals surface area contributed by atoms with E-state index in [1.165, 1.54) is 0 Å². The number of hydrogen-bond donors (Lipinski definition) is 0. The number of rotatable bonds is 6. The van der Waals surface area contributed by atoms with Crippen molar-refractivity contribution < 1.29 is 14.1 Å². The highest BCUT2D eigenvalue weighted by Gasteiger charge is 2.34. The molecule has 0 saturated carbocycles. The molecule has 0 aliphatic carbocycles. The zero-order valence-electron chi connectivity index (χ0n) is 15.5. The molecule has 28 heavy (non-hydrogen) atoms. The highest BCUT2D eigenvalue weighted by Crippen LogP contribution is 2.30. The second-order valence-corrected chi connectivity index (χ2v) is 7.16. The molecule has 2 aromatic carbocycles. The Morgan fingerprint density at radius 1 is 1.25 bits per heavy atom. The molecule has 3 aromatic rings. The lowest BCUT2D eigenvalue weighted by molar-refractivity contribution is -0.128. The number of carbonyl (C=O) groups is 1. The molecule has 2 heterocycles. The summed E-state index contributed by atoms with van der Waals surface area (Å²) in [6.07, 6.45) is 0.363. The van der Waals surface area contributed by atoms with Crippen LogP contribution in [-0.4, -0.2) is 34.1 Å². The van der Waals surface area contributed by atoms with E-state index in [0.29, 0.717) is 42.9 Å². The van der Waals surface area contributed by atoms with Gasteiger partial charge in [-0.2, -0.15) is 4.98 Å². The second-order valence-electron chi connectivity index (χ2n) is 6.72. The topological polar surface area (TPSA) is 68.5 Å². The van der Waals surface area contributed by atoms with Crippen LogP contribution in [0.5, 0.6) is 5.75 Å². The minimum Gasteiger partial charge on any atom is -0.494 e. The first kappa shape index (κ1) is 18.5. The Labute approximate surface area is 168 Å². The summed E-state index contributed by atoms with van der Waals surface area (Å²) in [4.78, 5) is 18.8. The minimum absolute atomic E-state index is 0.0781. The Kier molecular flexibility index (Phi) is 5.30. The lowest BCUT2D eigenvalue weighted by Gasteiger charge is -2.16. The van der Waals surface area contributed by atoms with Crippen LogP contribution in [0.1, 0.15) is 30.7 Å². The zero-order chi connectivity index (χ0) is 19.5. The fourth-order valence-electron chi connectivity index (χ4n) is 3.36. The maximum absolute atomic E-state index is 12.5. The molecule has 1 aliphatic heterocycles. The van der Waals surface area contributed by atoms with Gasteiger partial charge in [0.05, 0.1) is 12.5 Å². The normalized spacial score (nSPS) is 16.6. The Balaban J connectivity index is 1.46. The molecule has 0 N–H and O–H groups in total. The fraction of sp³-hybridized carbons (Fsp3) is 0.286. The van der Waals surface area contributed by atoms with Crippen LogP contribution in [0, 0.1) is 0 Å². The summed E-state index contributed by atoms with van der Waals surface area (Å²) >= 11 is 6.03. The molecule has 144 valence electrons. The number of ether oxygens (including phenoxy) is 1. The number of benzene rings is 2. The number of carbonyl (C=O) groups excluding carboxylic acids is 1. The molecule has 1 amide bonds. The van der Waals surface area contributed by atoms with Crippen molar-refractivity contribution in [2.45, 2.75) is 25.8 Å². The first-order valence-electron chi connectivity index (χ1n) is 9.21. The van der Waals surface area contributed by atoms with Gasteiger partial charge in [-0.05, 0) is 36.8 Å². The molecule has 1 saturated heterocycles. The molecule has 0 spiro atoms. The third kappa shape index (κ3) is 4.02. The van der Waals surface area contributed by atoms with E-state index in [9.17, 15) is 4.79 Å². The van der Waals surface area contributed by atoms with Gasteiger partial charge in [0, 0.05) is 30.1 Å². The van der Waals surface area contributed by atoms with Crippen molar-refractivity contribution in [3.05, 3.63) is 65.0 Å². The maximum Gasteiger partial charge on any atom is 0.232 e. The van der Waals surface area contributed by atoms with Crippen LogP contribution < -0.4 is 4.74 Å². The van der Waals surface area contributed by atoms with Gasteiger partial charge in [-0.1, -0.05) is 41.0 Å². The molecule has 4 rings (SSSR count). The van der Waals surface area contributed by atoms with Crippen LogP contribution in [0.3, 0.4) is 0 Å². The highest BCUT2D eigenvalue weighted by atomic mass is 35.5. The predicted molar refractivity (Wildman–Crippen MR) is 105 cm³/mol. The number of hydrogen-bond acceptors (Lipinski definition) is 5. The van der Waals surface area contributed by atoms with Gasteiger partial charge < -0.3 is 14.2 Å². The van der Waals surface area contributed by atoms with E-state index in [1.54, 1.807) is 12.1 Å².